The molecule has 3 rings (SSSR count). The van der Waals surface area contributed by atoms with Crippen LogP contribution in [0.4, 0.5) is 10.2 Å². The number of aliphatic hydroxyl groups is 2. The van der Waals surface area contributed by atoms with Crippen LogP contribution in [-0.2, 0) is 4.74 Å². The number of anilines is 1. The Hall–Kier alpha value is -1.84. The lowest BCUT2D eigenvalue weighted by atomic mass is 10.1. The number of hydrogen-bond donors (Lipinski definition) is 3. The van der Waals surface area contributed by atoms with Gasteiger partial charge in [0, 0.05) is 0 Å². The van der Waals surface area contributed by atoms with E-state index >= 15 is 0 Å². The summed E-state index contributed by atoms with van der Waals surface area (Å²) in [5, 5.41) is 19.5. The van der Waals surface area contributed by atoms with Crippen molar-refractivity contribution in [2.75, 3.05) is 12.4 Å². The maximum absolute atomic E-state index is 12.6. The minimum absolute atomic E-state index is 0.193. The number of nitrogens with zero attached hydrogens (tertiary/aromatic N) is 4. The number of alkyl halides is 1. The number of rotatable bonds is 2. The third kappa shape index (κ3) is 1.74. The number of nitrogen functional groups attached to an aromatic ring is 1. The zero-order chi connectivity index (χ0) is 13.6. The van der Waals surface area contributed by atoms with Gasteiger partial charge in [0.25, 0.3) is 0 Å². The summed E-state index contributed by atoms with van der Waals surface area (Å²) in [5.41, 5.74) is 6.35. The van der Waals surface area contributed by atoms with Crippen LogP contribution >= 0.6 is 0 Å². The van der Waals surface area contributed by atoms with Crippen molar-refractivity contribution in [2.24, 2.45) is 0 Å². The molecule has 0 bridgehead atoms. The molecule has 0 saturated carbocycles. The Bertz CT molecular complexity index is 606. The minimum atomic E-state index is -1.30. The molecular formula is C10H12FN5O3. The maximum Gasteiger partial charge on any atom is 0.167 e. The fraction of sp³-hybridized carbons (Fsp3) is 0.500. The lowest BCUT2D eigenvalue weighted by molar-refractivity contribution is -0.0409. The van der Waals surface area contributed by atoms with E-state index < -0.39 is 31.2 Å². The van der Waals surface area contributed by atoms with Crippen LogP contribution in [0.1, 0.15) is 6.23 Å². The van der Waals surface area contributed by atoms with Gasteiger partial charge in [0.1, 0.15) is 36.8 Å². The summed E-state index contributed by atoms with van der Waals surface area (Å²) in [5.74, 6) is 0.193. The molecule has 0 amide bonds. The number of aromatic nitrogens is 4. The summed E-state index contributed by atoms with van der Waals surface area (Å²) in [7, 11) is 0. The van der Waals surface area contributed by atoms with E-state index in [1.807, 2.05) is 0 Å². The number of fused-ring (bicyclic) bond motifs is 1. The van der Waals surface area contributed by atoms with E-state index in [1.54, 1.807) is 0 Å². The van der Waals surface area contributed by atoms with Gasteiger partial charge in [-0.3, -0.25) is 4.57 Å². The molecule has 2 aromatic rings. The molecule has 4 atom stereocenters. The third-order valence-electron chi connectivity index (χ3n) is 3.15. The number of imidazole rings is 1. The zero-order valence-electron chi connectivity index (χ0n) is 9.72. The SMILES string of the molecule is Nc1ncnc2c1ncn2[C@@H]1O[C@H](C[18F])C(O)[C@@H]1O. The number of halogens is 1. The molecule has 2 aromatic heterocycles. The lowest BCUT2D eigenvalue weighted by Crippen LogP contribution is -2.32. The van der Waals surface area contributed by atoms with Crippen LogP contribution in [0.5, 0.6) is 0 Å². The summed E-state index contributed by atoms with van der Waals surface area (Å²) in [4.78, 5) is 11.8. The maximum atomic E-state index is 12.6. The van der Waals surface area contributed by atoms with Crippen molar-refractivity contribution in [1.29, 1.82) is 0 Å². The van der Waals surface area contributed by atoms with Crippen LogP contribution in [-0.4, -0.2) is 54.7 Å². The predicted octanol–water partition coefficient (Wildman–Crippen LogP) is -1.00. The van der Waals surface area contributed by atoms with Crippen molar-refractivity contribution in [3.63, 3.8) is 0 Å². The lowest BCUT2D eigenvalue weighted by Gasteiger charge is -2.16. The highest BCUT2D eigenvalue weighted by Crippen LogP contribution is 2.31. The largest absolute Gasteiger partial charge is 0.387 e. The fourth-order valence-corrected chi connectivity index (χ4v) is 2.14. The van der Waals surface area contributed by atoms with Gasteiger partial charge in [-0.1, -0.05) is 0 Å². The molecule has 1 aliphatic rings. The van der Waals surface area contributed by atoms with Gasteiger partial charge < -0.3 is 20.7 Å². The second-order valence-corrected chi connectivity index (χ2v) is 4.28. The van der Waals surface area contributed by atoms with Crippen molar-refractivity contribution in [1.82, 2.24) is 19.5 Å². The summed E-state index contributed by atoms with van der Waals surface area (Å²) in [6.07, 6.45) is -2.00. The van der Waals surface area contributed by atoms with E-state index in [9.17, 15) is 14.6 Å². The Balaban J connectivity index is 2.04. The van der Waals surface area contributed by atoms with Gasteiger partial charge in [-0.05, 0) is 0 Å². The van der Waals surface area contributed by atoms with Crippen LogP contribution in [0.15, 0.2) is 12.7 Å². The number of ether oxygens (including phenoxy) is 1. The summed E-state index contributed by atoms with van der Waals surface area (Å²) < 4.78 is 19.3. The molecule has 9 heteroatoms. The fourth-order valence-electron chi connectivity index (χ4n) is 2.14. The average molecular weight is 268 g/mol. The number of hydrogen-bond acceptors (Lipinski definition) is 7. The molecule has 0 aromatic carbocycles. The van der Waals surface area contributed by atoms with Gasteiger partial charge in [-0.25, -0.2) is 19.3 Å². The molecule has 1 saturated heterocycles. The molecule has 102 valence electrons. The normalized spacial score (nSPS) is 31.1. The average Bonchev–Trinajstić information content (AvgIpc) is 2.94. The highest BCUT2D eigenvalue weighted by atomic mass is 18.2. The first kappa shape index (κ1) is 12.2. The van der Waals surface area contributed by atoms with E-state index in [0.29, 0.717) is 11.2 Å². The standard InChI is InChI=1S/C10H12FN5O3/c11-1-4-6(17)7(18)10(19-4)16-3-15-5-8(12)13-2-14-9(5)16/h2-4,6-7,10,17-18H,1H2,(H2,12,13,14)/t4-,6?,7+,10-/m1/s1/i11-1. The van der Waals surface area contributed by atoms with Crippen LogP contribution < -0.4 is 5.73 Å². The smallest absolute Gasteiger partial charge is 0.167 e. The summed E-state index contributed by atoms with van der Waals surface area (Å²) in [6.45, 7) is -0.890. The molecule has 0 radical (unpaired) electrons. The molecule has 3 heterocycles. The van der Waals surface area contributed by atoms with E-state index in [-0.39, 0.29) is 5.82 Å². The van der Waals surface area contributed by atoms with Gasteiger partial charge >= 0.3 is 0 Å². The summed E-state index contributed by atoms with van der Waals surface area (Å²) in [6, 6.07) is 0. The quantitative estimate of drug-likeness (QED) is 0.638. The molecule has 1 unspecified atom stereocenters. The van der Waals surface area contributed by atoms with Crippen LogP contribution in [0.2, 0.25) is 0 Å². The van der Waals surface area contributed by atoms with E-state index in [0.717, 1.165) is 0 Å². The van der Waals surface area contributed by atoms with Crippen molar-refractivity contribution in [3.8, 4) is 0 Å². The Morgan fingerprint density at radius 3 is 2.79 bits per heavy atom. The molecule has 1 fully saturated rings. The van der Waals surface area contributed by atoms with Crippen molar-refractivity contribution < 1.29 is 19.3 Å². The molecular weight excluding hydrogens is 256 g/mol. The van der Waals surface area contributed by atoms with Crippen molar-refractivity contribution >= 4 is 17.0 Å². The van der Waals surface area contributed by atoms with Gasteiger partial charge in [0.05, 0.1) is 6.33 Å². The van der Waals surface area contributed by atoms with Gasteiger partial charge in [-0.15, -0.1) is 0 Å². The Labute approximate surface area is 106 Å². The third-order valence-corrected chi connectivity index (χ3v) is 3.15. The molecule has 8 nitrogen and oxygen atoms in total. The molecule has 1 aliphatic heterocycles. The highest BCUT2D eigenvalue weighted by molar-refractivity contribution is 5.81. The summed E-state index contributed by atoms with van der Waals surface area (Å²) >= 11 is 0. The first-order valence-electron chi connectivity index (χ1n) is 5.64. The predicted molar refractivity (Wildman–Crippen MR) is 61.6 cm³/mol. The first-order chi connectivity index (χ1) is 9.13. The van der Waals surface area contributed by atoms with Gasteiger partial charge in [-0.2, -0.15) is 0 Å². The van der Waals surface area contributed by atoms with Crippen LogP contribution in [0.25, 0.3) is 11.2 Å². The molecule has 19 heavy (non-hydrogen) atoms. The van der Waals surface area contributed by atoms with Crippen LogP contribution in [0, 0.1) is 0 Å². The molecule has 0 aliphatic carbocycles. The highest BCUT2D eigenvalue weighted by Gasteiger charge is 2.44. The van der Waals surface area contributed by atoms with Crippen LogP contribution in [0.3, 0.4) is 0 Å². The minimum Gasteiger partial charge on any atom is -0.387 e. The molecule has 4 N–H and O–H groups in total. The second kappa shape index (κ2) is 4.37. The van der Waals surface area contributed by atoms with Crippen molar-refractivity contribution in [3.05, 3.63) is 12.7 Å². The molecule has 0 spiro atoms. The van der Waals surface area contributed by atoms with Gasteiger partial charge in [0.15, 0.2) is 17.7 Å². The Morgan fingerprint density at radius 2 is 2.11 bits per heavy atom. The second-order valence-electron chi connectivity index (χ2n) is 4.28. The monoisotopic (exact) mass is 268 g/mol. The van der Waals surface area contributed by atoms with E-state index in [2.05, 4.69) is 15.0 Å². The number of aliphatic hydroxyl groups excluding tert-OH is 2. The zero-order valence-corrected chi connectivity index (χ0v) is 9.72. The number of nitrogens with two attached hydrogens (primary N) is 1. The van der Waals surface area contributed by atoms with Gasteiger partial charge in [0.2, 0.25) is 0 Å². The topological polar surface area (TPSA) is 119 Å². The Morgan fingerprint density at radius 1 is 1.32 bits per heavy atom. The van der Waals surface area contributed by atoms with E-state index in [4.69, 9.17) is 10.5 Å². The van der Waals surface area contributed by atoms with E-state index in [1.165, 1.54) is 17.2 Å². The Kier molecular flexibility index (Phi) is 2.81. The first-order valence-corrected chi connectivity index (χ1v) is 5.64. The van der Waals surface area contributed by atoms with Crippen molar-refractivity contribution in [2.45, 2.75) is 24.5 Å².